The second kappa shape index (κ2) is 8.72. The molecule has 2 N–H and O–H groups in total. The Morgan fingerprint density at radius 2 is 2.04 bits per heavy atom. The minimum absolute atomic E-state index is 0.0466. The van der Waals surface area contributed by atoms with Gasteiger partial charge in [-0.05, 0) is 25.2 Å². The highest BCUT2D eigenvalue weighted by Crippen LogP contribution is 2.34. The molecule has 0 fully saturated rings. The van der Waals surface area contributed by atoms with Crippen molar-refractivity contribution < 1.29 is 27.8 Å². The van der Waals surface area contributed by atoms with Crippen molar-refractivity contribution >= 4 is 23.3 Å². The third-order valence-corrected chi connectivity index (χ3v) is 3.68. The largest absolute Gasteiger partial charge is 0.460 e. The fourth-order valence-electron chi connectivity index (χ4n) is 2.42. The summed E-state index contributed by atoms with van der Waals surface area (Å²) in [4.78, 5) is 12.5. The summed E-state index contributed by atoms with van der Waals surface area (Å²) in [5.74, 6) is -0.649. The molecule has 0 aliphatic carbocycles. The van der Waals surface area contributed by atoms with Gasteiger partial charge in [0.1, 0.15) is 12.4 Å². The van der Waals surface area contributed by atoms with Gasteiger partial charge in [0.25, 0.3) is 0 Å². The fourth-order valence-corrected chi connectivity index (χ4v) is 2.69. The monoisotopic (exact) mass is 372 g/mol. The maximum Gasteiger partial charge on any atom is 0.387 e. The molecule has 136 valence electrons. The first-order chi connectivity index (χ1) is 11.9. The Morgan fingerprint density at radius 1 is 1.32 bits per heavy atom. The number of carbonyl (C=O) groups excluding carboxylic acids is 1. The van der Waals surface area contributed by atoms with E-state index in [4.69, 9.17) is 21.7 Å². The molecule has 0 spiro atoms. The van der Waals surface area contributed by atoms with Crippen LogP contribution in [-0.4, -0.2) is 38.0 Å². The number of hydrogen-bond donors (Lipinski definition) is 2. The SMILES string of the molecule is COCCOC(=O)C1=C(C)NC(=S)NC1c1ccccc1OC(F)F. The molecule has 1 atom stereocenters. The van der Waals surface area contributed by atoms with E-state index in [1.165, 1.54) is 13.2 Å². The molecule has 1 aromatic rings. The van der Waals surface area contributed by atoms with Gasteiger partial charge in [-0.2, -0.15) is 8.78 Å². The number of methoxy groups -OCH3 is 1. The van der Waals surface area contributed by atoms with Crippen LogP contribution in [0.2, 0.25) is 0 Å². The highest BCUT2D eigenvalue weighted by molar-refractivity contribution is 7.80. The quantitative estimate of drug-likeness (QED) is 0.432. The molecule has 0 amide bonds. The van der Waals surface area contributed by atoms with Gasteiger partial charge in [-0.25, -0.2) is 4.79 Å². The molecule has 1 heterocycles. The molecular formula is C16H18F2N2O4S. The lowest BCUT2D eigenvalue weighted by Gasteiger charge is -2.30. The van der Waals surface area contributed by atoms with Gasteiger partial charge in [-0.1, -0.05) is 18.2 Å². The van der Waals surface area contributed by atoms with E-state index < -0.39 is 18.6 Å². The zero-order valence-corrected chi connectivity index (χ0v) is 14.5. The van der Waals surface area contributed by atoms with Crippen molar-refractivity contribution in [3.05, 3.63) is 41.1 Å². The predicted octanol–water partition coefficient (Wildman–Crippen LogP) is 2.27. The summed E-state index contributed by atoms with van der Waals surface area (Å²) in [6.07, 6.45) is 0. The molecule has 0 saturated heterocycles. The molecule has 9 heteroatoms. The number of halogens is 2. The Kier molecular flexibility index (Phi) is 6.65. The van der Waals surface area contributed by atoms with Crippen LogP contribution in [0.25, 0.3) is 0 Å². The Morgan fingerprint density at radius 3 is 2.72 bits per heavy atom. The van der Waals surface area contributed by atoms with Gasteiger partial charge in [0.2, 0.25) is 0 Å². The highest BCUT2D eigenvalue weighted by atomic mass is 32.1. The Labute approximate surface area is 149 Å². The lowest BCUT2D eigenvalue weighted by molar-refractivity contribution is -0.140. The van der Waals surface area contributed by atoms with Crippen LogP contribution in [0.3, 0.4) is 0 Å². The van der Waals surface area contributed by atoms with Crippen LogP contribution in [0.4, 0.5) is 8.78 Å². The number of nitrogens with one attached hydrogen (secondary N) is 2. The van der Waals surface area contributed by atoms with E-state index in [2.05, 4.69) is 15.4 Å². The van der Waals surface area contributed by atoms with Crippen molar-refractivity contribution in [2.24, 2.45) is 0 Å². The van der Waals surface area contributed by atoms with Gasteiger partial charge < -0.3 is 24.8 Å². The van der Waals surface area contributed by atoms with Crippen LogP contribution in [0, 0.1) is 0 Å². The third-order valence-electron chi connectivity index (χ3n) is 3.46. The molecule has 1 aromatic carbocycles. The zero-order chi connectivity index (χ0) is 18.4. The van der Waals surface area contributed by atoms with E-state index in [-0.39, 0.29) is 29.6 Å². The molecule has 25 heavy (non-hydrogen) atoms. The van der Waals surface area contributed by atoms with Crippen molar-refractivity contribution in [1.82, 2.24) is 10.6 Å². The van der Waals surface area contributed by atoms with Crippen LogP contribution in [0.1, 0.15) is 18.5 Å². The second-order valence-corrected chi connectivity index (χ2v) is 5.52. The highest BCUT2D eigenvalue weighted by Gasteiger charge is 2.33. The molecule has 0 saturated carbocycles. The Hall–Kier alpha value is -2.26. The van der Waals surface area contributed by atoms with E-state index in [0.29, 0.717) is 11.3 Å². The topological polar surface area (TPSA) is 68.8 Å². The number of ether oxygens (including phenoxy) is 3. The van der Waals surface area contributed by atoms with Crippen molar-refractivity contribution in [2.45, 2.75) is 19.6 Å². The Bertz CT molecular complexity index is 682. The minimum atomic E-state index is -2.99. The number of thiocarbonyl (C=S) groups is 1. The van der Waals surface area contributed by atoms with Gasteiger partial charge in [-0.3, -0.25) is 0 Å². The van der Waals surface area contributed by atoms with Crippen molar-refractivity contribution in [2.75, 3.05) is 20.3 Å². The van der Waals surface area contributed by atoms with Crippen LogP contribution >= 0.6 is 12.2 Å². The summed E-state index contributed by atoms with van der Waals surface area (Å²) in [5.41, 5.74) is 1.06. The lowest BCUT2D eigenvalue weighted by Crippen LogP contribution is -2.45. The number of hydrogen-bond acceptors (Lipinski definition) is 5. The first kappa shape index (κ1) is 19.1. The molecule has 0 bridgehead atoms. The van der Waals surface area contributed by atoms with Crippen LogP contribution in [0.5, 0.6) is 5.75 Å². The summed E-state index contributed by atoms with van der Waals surface area (Å²) >= 11 is 5.12. The molecule has 0 aromatic heterocycles. The molecule has 0 radical (unpaired) electrons. The van der Waals surface area contributed by atoms with Crippen molar-refractivity contribution in [1.29, 1.82) is 0 Å². The summed E-state index contributed by atoms with van der Waals surface area (Å²) < 4.78 is 39.9. The van der Waals surface area contributed by atoms with Crippen molar-refractivity contribution in [3.63, 3.8) is 0 Å². The maximum atomic E-state index is 12.7. The van der Waals surface area contributed by atoms with E-state index >= 15 is 0 Å². The van der Waals surface area contributed by atoms with E-state index in [0.717, 1.165) is 0 Å². The third kappa shape index (κ3) is 4.86. The van der Waals surface area contributed by atoms with E-state index in [9.17, 15) is 13.6 Å². The minimum Gasteiger partial charge on any atom is -0.460 e. The van der Waals surface area contributed by atoms with Gasteiger partial charge in [0, 0.05) is 18.4 Å². The van der Waals surface area contributed by atoms with Crippen LogP contribution in [-0.2, 0) is 14.3 Å². The number of allylic oxidation sites excluding steroid dienone is 1. The first-order valence-corrected chi connectivity index (χ1v) is 7.83. The predicted molar refractivity (Wildman–Crippen MR) is 90.2 cm³/mol. The van der Waals surface area contributed by atoms with Gasteiger partial charge in [-0.15, -0.1) is 0 Å². The molecule has 2 rings (SSSR count). The average molecular weight is 372 g/mol. The number of benzene rings is 1. The normalized spacial score (nSPS) is 17.2. The number of alkyl halides is 2. The molecule has 1 aliphatic rings. The number of carbonyl (C=O) groups is 1. The zero-order valence-electron chi connectivity index (χ0n) is 13.7. The second-order valence-electron chi connectivity index (χ2n) is 5.12. The van der Waals surface area contributed by atoms with E-state index in [1.54, 1.807) is 25.1 Å². The van der Waals surface area contributed by atoms with Crippen LogP contribution < -0.4 is 15.4 Å². The Balaban J connectivity index is 2.38. The average Bonchev–Trinajstić information content (AvgIpc) is 2.54. The van der Waals surface area contributed by atoms with Crippen molar-refractivity contribution in [3.8, 4) is 5.75 Å². The maximum absolute atomic E-state index is 12.7. The summed E-state index contributed by atoms with van der Waals surface area (Å²) in [5, 5.41) is 6.01. The lowest BCUT2D eigenvalue weighted by atomic mass is 9.95. The summed E-state index contributed by atoms with van der Waals surface area (Å²) in [6.45, 7) is -1.02. The molecule has 6 nitrogen and oxygen atoms in total. The fraction of sp³-hybridized carbons (Fsp3) is 0.375. The number of esters is 1. The van der Waals surface area contributed by atoms with Crippen LogP contribution in [0.15, 0.2) is 35.5 Å². The standard InChI is InChI=1S/C16H18F2N2O4S/c1-9-12(14(21)23-8-7-22-2)13(20-16(25)19-9)10-5-3-4-6-11(10)24-15(17)18/h3-6,13,15H,7-8H2,1-2H3,(H2,19,20,25). The summed E-state index contributed by atoms with van der Waals surface area (Å²) in [6, 6.07) is 5.42. The molecular weight excluding hydrogens is 354 g/mol. The van der Waals surface area contributed by atoms with E-state index in [1.807, 2.05) is 0 Å². The molecule has 1 aliphatic heterocycles. The molecule has 1 unspecified atom stereocenters. The number of rotatable bonds is 7. The van der Waals surface area contributed by atoms with Gasteiger partial charge in [0.05, 0.1) is 18.2 Å². The summed E-state index contributed by atoms with van der Waals surface area (Å²) in [7, 11) is 1.49. The van der Waals surface area contributed by atoms with Gasteiger partial charge in [0.15, 0.2) is 5.11 Å². The van der Waals surface area contributed by atoms with Gasteiger partial charge >= 0.3 is 12.6 Å². The first-order valence-electron chi connectivity index (χ1n) is 7.42. The smallest absolute Gasteiger partial charge is 0.387 e. The number of para-hydroxylation sites is 1.